The fourth-order valence-electron chi connectivity index (χ4n) is 3.09. The Bertz CT molecular complexity index is 558. The first-order chi connectivity index (χ1) is 10.6. The molecule has 0 aromatic heterocycles. The minimum absolute atomic E-state index is 0.0457. The first-order valence-electron chi connectivity index (χ1n) is 7.62. The summed E-state index contributed by atoms with van der Waals surface area (Å²) >= 11 is 0. The van der Waals surface area contributed by atoms with Crippen LogP contribution in [0.2, 0.25) is 0 Å². The van der Waals surface area contributed by atoms with Gasteiger partial charge in [0.05, 0.1) is 12.2 Å². The van der Waals surface area contributed by atoms with Crippen LogP contribution < -0.4 is 10.6 Å². The number of carbonyl (C=O) groups excluding carboxylic acids is 1. The van der Waals surface area contributed by atoms with Crippen molar-refractivity contribution in [2.45, 2.75) is 37.8 Å². The minimum atomic E-state index is -0.367. The van der Waals surface area contributed by atoms with Crippen molar-refractivity contribution in [2.24, 2.45) is 0 Å². The molecule has 22 heavy (non-hydrogen) atoms. The van der Waals surface area contributed by atoms with Crippen LogP contribution in [0.3, 0.4) is 0 Å². The average molecular weight is 308 g/mol. The number of benzene rings is 1. The number of hydrogen-bond acceptors (Lipinski definition) is 3. The summed E-state index contributed by atoms with van der Waals surface area (Å²) in [5.41, 5.74) is 1.07. The largest absolute Gasteiger partial charge is 0.378 e. The van der Waals surface area contributed by atoms with Crippen molar-refractivity contribution in [2.75, 3.05) is 25.1 Å². The standard InChI is InChI=1S/C16H21FN2O3/c1-11-2-3-12(17)8-14(11)19-15(20)18-13-4-6-22-16(9-13)5-7-21-10-16/h2-3,8,13H,4-7,9-10H2,1H3,(H2,18,19,20)/t13-,16-/m1/s1. The quantitative estimate of drug-likeness (QED) is 0.883. The summed E-state index contributed by atoms with van der Waals surface area (Å²) in [6, 6.07) is 4.08. The van der Waals surface area contributed by atoms with Crippen LogP contribution >= 0.6 is 0 Å². The molecule has 1 aromatic rings. The molecule has 2 heterocycles. The molecule has 2 atom stereocenters. The predicted molar refractivity (Wildman–Crippen MR) is 80.4 cm³/mol. The van der Waals surface area contributed by atoms with E-state index in [2.05, 4.69) is 10.6 Å². The van der Waals surface area contributed by atoms with E-state index in [-0.39, 0.29) is 23.5 Å². The molecule has 120 valence electrons. The monoisotopic (exact) mass is 308 g/mol. The Balaban J connectivity index is 1.58. The fourth-order valence-corrected chi connectivity index (χ4v) is 3.09. The van der Waals surface area contributed by atoms with Crippen LogP contribution in [0.1, 0.15) is 24.8 Å². The van der Waals surface area contributed by atoms with Crippen LogP contribution in [-0.2, 0) is 9.47 Å². The zero-order chi connectivity index (χ0) is 15.6. The molecule has 6 heteroatoms. The molecule has 2 saturated heterocycles. The van der Waals surface area contributed by atoms with Gasteiger partial charge in [-0.1, -0.05) is 6.07 Å². The van der Waals surface area contributed by atoms with Crippen molar-refractivity contribution in [3.63, 3.8) is 0 Å². The molecule has 1 spiro atoms. The average Bonchev–Trinajstić information content (AvgIpc) is 2.90. The van der Waals surface area contributed by atoms with Gasteiger partial charge in [0.1, 0.15) is 5.82 Å². The maximum absolute atomic E-state index is 13.3. The zero-order valence-corrected chi connectivity index (χ0v) is 12.7. The van der Waals surface area contributed by atoms with Crippen molar-refractivity contribution in [1.29, 1.82) is 0 Å². The van der Waals surface area contributed by atoms with Gasteiger partial charge in [0.2, 0.25) is 0 Å². The molecule has 1 aromatic carbocycles. The Morgan fingerprint density at radius 1 is 1.41 bits per heavy atom. The summed E-state index contributed by atoms with van der Waals surface area (Å²) in [6.45, 7) is 3.75. The number of urea groups is 1. The molecule has 2 fully saturated rings. The Kier molecular flexibility index (Phi) is 4.31. The van der Waals surface area contributed by atoms with Crippen molar-refractivity contribution < 1.29 is 18.7 Å². The smallest absolute Gasteiger partial charge is 0.319 e. The van der Waals surface area contributed by atoms with Gasteiger partial charge in [0, 0.05) is 31.4 Å². The summed E-state index contributed by atoms with van der Waals surface area (Å²) < 4.78 is 24.5. The number of amides is 2. The van der Waals surface area contributed by atoms with Gasteiger partial charge in [-0.25, -0.2) is 9.18 Å². The Labute approximate surface area is 129 Å². The van der Waals surface area contributed by atoms with Gasteiger partial charge in [-0.2, -0.15) is 0 Å². The highest BCUT2D eigenvalue weighted by molar-refractivity contribution is 5.90. The number of carbonyl (C=O) groups is 1. The lowest BCUT2D eigenvalue weighted by atomic mass is 9.90. The second-order valence-corrected chi connectivity index (χ2v) is 6.08. The molecule has 0 unspecified atom stereocenters. The molecule has 2 aliphatic heterocycles. The maximum Gasteiger partial charge on any atom is 0.319 e. The van der Waals surface area contributed by atoms with E-state index in [0.717, 1.165) is 24.8 Å². The summed E-state index contributed by atoms with van der Waals surface area (Å²) in [5.74, 6) is -0.367. The highest BCUT2D eigenvalue weighted by Gasteiger charge is 2.41. The van der Waals surface area contributed by atoms with E-state index in [1.807, 2.05) is 6.92 Å². The lowest BCUT2D eigenvalue weighted by Crippen LogP contribution is -2.49. The molecule has 0 radical (unpaired) electrons. The molecule has 3 rings (SSSR count). The third-order valence-corrected chi connectivity index (χ3v) is 4.34. The normalized spacial score (nSPS) is 27.8. The van der Waals surface area contributed by atoms with Gasteiger partial charge in [-0.15, -0.1) is 0 Å². The second kappa shape index (κ2) is 6.22. The topological polar surface area (TPSA) is 59.6 Å². The van der Waals surface area contributed by atoms with Gasteiger partial charge in [0.25, 0.3) is 0 Å². The number of ether oxygens (including phenoxy) is 2. The lowest BCUT2D eigenvalue weighted by molar-refractivity contribution is -0.0877. The maximum atomic E-state index is 13.3. The van der Waals surface area contributed by atoms with E-state index < -0.39 is 0 Å². The van der Waals surface area contributed by atoms with E-state index in [1.54, 1.807) is 6.07 Å². The zero-order valence-electron chi connectivity index (χ0n) is 12.7. The third-order valence-electron chi connectivity index (χ3n) is 4.34. The number of rotatable bonds is 2. The summed E-state index contributed by atoms with van der Waals surface area (Å²) in [5, 5.41) is 5.67. The fraction of sp³-hybridized carbons (Fsp3) is 0.562. The highest BCUT2D eigenvalue weighted by Crippen LogP contribution is 2.32. The molecule has 2 N–H and O–H groups in total. The van der Waals surface area contributed by atoms with E-state index in [9.17, 15) is 9.18 Å². The van der Waals surface area contributed by atoms with Crippen LogP contribution in [0.5, 0.6) is 0 Å². The van der Waals surface area contributed by atoms with E-state index in [4.69, 9.17) is 9.47 Å². The van der Waals surface area contributed by atoms with E-state index in [1.165, 1.54) is 12.1 Å². The SMILES string of the molecule is Cc1ccc(F)cc1NC(=O)N[C@@H]1CCO[C@]2(CCOC2)C1. The molecule has 2 aliphatic rings. The molecule has 2 amide bonds. The summed E-state index contributed by atoms with van der Waals surface area (Å²) in [6.07, 6.45) is 2.40. The molecule has 5 nitrogen and oxygen atoms in total. The van der Waals surface area contributed by atoms with Crippen molar-refractivity contribution >= 4 is 11.7 Å². The molecule has 0 aliphatic carbocycles. The van der Waals surface area contributed by atoms with Crippen LogP contribution in [0.4, 0.5) is 14.9 Å². The number of hydrogen-bond donors (Lipinski definition) is 2. The first-order valence-corrected chi connectivity index (χ1v) is 7.62. The van der Waals surface area contributed by atoms with Gasteiger partial charge >= 0.3 is 6.03 Å². The Hall–Kier alpha value is -1.66. The number of nitrogens with one attached hydrogen (secondary N) is 2. The van der Waals surface area contributed by atoms with Gasteiger partial charge in [-0.05, 0) is 37.5 Å². The molecular formula is C16H21FN2O3. The minimum Gasteiger partial charge on any atom is -0.378 e. The van der Waals surface area contributed by atoms with Crippen molar-refractivity contribution in [1.82, 2.24) is 5.32 Å². The molecule has 0 saturated carbocycles. The Morgan fingerprint density at radius 2 is 2.27 bits per heavy atom. The van der Waals surface area contributed by atoms with Gasteiger partial charge in [0.15, 0.2) is 0 Å². The summed E-state index contributed by atoms with van der Waals surface area (Å²) in [4.78, 5) is 12.1. The van der Waals surface area contributed by atoms with Gasteiger partial charge in [-0.3, -0.25) is 0 Å². The molecule has 0 bridgehead atoms. The van der Waals surface area contributed by atoms with Gasteiger partial charge < -0.3 is 20.1 Å². The Morgan fingerprint density at radius 3 is 3.05 bits per heavy atom. The van der Waals surface area contributed by atoms with Crippen molar-refractivity contribution in [3.8, 4) is 0 Å². The van der Waals surface area contributed by atoms with E-state index >= 15 is 0 Å². The van der Waals surface area contributed by atoms with E-state index in [0.29, 0.717) is 25.5 Å². The predicted octanol–water partition coefficient (Wildman–Crippen LogP) is 2.59. The van der Waals surface area contributed by atoms with Crippen LogP contribution in [0.15, 0.2) is 18.2 Å². The van der Waals surface area contributed by atoms with Crippen molar-refractivity contribution in [3.05, 3.63) is 29.6 Å². The van der Waals surface area contributed by atoms with Crippen LogP contribution in [0, 0.1) is 12.7 Å². The van der Waals surface area contributed by atoms with Crippen LogP contribution in [-0.4, -0.2) is 37.5 Å². The third kappa shape index (κ3) is 3.39. The molecular weight excluding hydrogens is 287 g/mol. The first kappa shape index (κ1) is 15.2. The number of halogens is 1. The summed E-state index contributed by atoms with van der Waals surface area (Å²) in [7, 11) is 0. The number of aryl methyl sites for hydroxylation is 1. The second-order valence-electron chi connectivity index (χ2n) is 6.08. The van der Waals surface area contributed by atoms with Crippen LogP contribution in [0.25, 0.3) is 0 Å². The highest BCUT2D eigenvalue weighted by atomic mass is 19.1. The lowest BCUT2D eigenvalue weighted by Gasteiger charge is -2.37. The number of anilines is 1.